The molecule has 3 aromatic carbocycles. The van der Waals surface area contributed by atoms with Gasteiger partial charge in [0.05, 0.1) is 24.8 Å². The van der Waals surface area contributed by atoms with Crippen molar-refractivity contribution in [3.05, 3.63) is 103 Å². The van der Waals surface area contributed by atoms with Crippen LogP contribution in [0.2, 0.25) is 0 Å². The monoisotopic (exact) mass is 507 g/mol. The third-order valence-corrected chi connectivity index (χ3v) is 7.02. The molecule has 0 spiro atoms. The number of amides is 1. The fourth-order valence-corrected chi connectivity index (χ4v) is 4.66. The van der Waals surface area contributed by atoms with Crippen LogP contribution in [-0.4, -0.2) is 51.7 Å². The molecule has 0 radical (unpaired) electrons. The Morgan fingerprint density at radius 3 is 2.31 bits per heavy atom. The maximum atomic E-state index is 13.3. The Morgan fingerprint density at radius 2 is 1.67 bits per heavy atom. The van der Waals surface area contributed by atoms with Gasteiger partial charge in [-0.25, -0.2) is 13.8 Å². The topological polar surface area (TPSA) is 97.3 Å². The lowest BCUT2D eigenvalue weighted by molar-refractivity contribution is -0.121. The maximum absolute atomic E-state index is 13.3. The van der Waals surface area contributed by atoms with Crippen molar-refractivity contribution in [1.82, 2.24) is 9.73 Å². The molecule has 9 heteroatoms. The zero-order chi connectivity index (χ0) is 25.8. The number of hydrogen-bond acceptors (Lipinski definition) is 6. The average Bonchev–Trinajstić information content (AvgIpc) is 2.91. The molecule has 0 aliphatic carbocycles. The number of carbonyl (C=O) groups excluding carboxylic acids is 1. The SMILES string of the molecule is C=CCOc1ccc(/C=N\NC(=O)CN(CCc2ccccc2)S(=O)(=O)c2ccc(OC)cc2)cc1. The molecule has 1 N–H and O–H groups in total. The van der Waals surface area contributed by atoms with Crippen molar-refractivity contribution in [3.63, 3.8) is 0 Å². The van der Waals surface area contributed by atoms with Crippen molar-refractivity contribution in [2.75, 3.05) is 26.8 Å². The Morgan fingerprint density at radius 1 is 1.00 bits per heavy atom. The third-order valence-electron chi connectivity index (χ3n) is 5.16. The van der Waals surface area contributed by atoms with Gasteiger partial charge in [0.25, 0.3) is 5.91 Å². The van der Waals surface area contributed by atoms with E-state index in [9.17, 15) is 13.2 Å². The van der Waals surface area contributed by atoms with Crippen LogP contribution in [0.4, 0.5) is 0 Å². The van der Waals surface area contributed by atoms with Crippen molar-refractivity contribution in [1.29, 1.82) is 0 Å². The first-order valence-corrected chi connectivity index (χ1v) is 12.7. The van der Waals surface area contributed by atoms with Gasteiger partial charge in [-0.3, -0.25) is 4.79 Å². The third kappa shape index (κ3) is 7.79. The number of hydrazone groups is 1. The second-order valence-electron chi connectivity index (χ2n) is 7.71. The lowest BCUT2D eigenvalue weighted by Gasteiger charge is -2.21. The Kier molecular flexibility index (Phi) is 9.79. The van der Waals surface area contributed by atoms with Crippen molar-refractivity contribution >= 4 is 22.1 Å². The van der Waals surface area contributed by atoms with Crippen LogP contribution in [0, 0.1) is 0 Å². The van der Waals surface area contributed by atoms with Crippen LogP contribution in [0.15, 0.2) is 102 Å². The van der Waals surface area contributed by atoms with E-state index in [1.165, 1.54) is 25.5 Å². The second kappa shape index (κ2) is 13.2. The predicted octanol–water partition coefficient (Wildman–Crippen LogP) is 3.64. The van der Waals surface area contributed by atoms with E-state index in [1.54, 1.807) is 42.5 Å². The summed E-state index contributed by atoms with van der Waals surface area (Å²) in [6.07, 6.45) is 3.58. The van der Waals surface area contributed by atoms with Crippen LogP contribution < -0.4 is 14.9 Å². The first-order valence-electron chi connectivity index (χ1n) is 11.3. The lowest BCUT2D eigenvalue weighted by Crippen LogP contribution is -2.40. The summed E-state index contributed by atoms with van der Waals surface area (Å²) in [5.41, 5.74) is 4.12. The molecule has 188 valence electrons. The molecule has 8 nitrogen and oxygen atoms in total. The van der Waals surface area contributed by atoms with Crippen molar-refractivity contribution in [2.24, 2.45) is 5.10 Å². The van der Waals surface area contributed by atoms with Crippen LogP contribution in [-0.2, 0) is 21.2 Å². The Hall–Kier alpha value is -3.95. The lowest BCUT2D eigenvalue weighted by atomic mass is 10.1. The van der Waals surface area contributed by atoms with Gasteiger partial charge in [0.15, 0.2) is 0 Å². The number of nitrogens with zero attached hydrogens (tertiary/aromatic N) is 2. The molecule has 0 aliphatic rings. The number of benzene rings is 3. The average molecular weight is 508 g/mol. The second-order valence-corrected chi connectivity index (χ2v) is 9.65. The maximum Gasteiger partial charge on any atom is 0.255 e. The minimum absolute atomic E-state index is 0.0754. The van der Waals surface area contributed by atoms with E-state index in [2.05, 4.69) is 17.1 Å². The first-order chi connectivity index (χ1) is 17.4. The molecule has 0 saturated carbocycles. The van der Waals surface area contributed by atoms with Gasteiger partial charge >= 0.3 is 0 Å². The zero-order valence-corrected chi connectivity index (χ0v) is 20.9. The number of carbonyl (C=O) groups is 1. The molecule has 0 atom stereocenters. The summed E-state index contributed by atoms with van der Waals surface area (Å²) in [5.74, 6) is 0.674. The number of ether oxygens (including phenoxy) is 2. The fraction of sp³-hybridized carbons (Fsp3) is 0.185. The van der Waals surface area contributed by atoms with Gasteiger partial charge in [-0.05, 0) is 66.1 Å². The fourth-order valence-electron chi connectivity index (χ4n) is 3.26. The largest absolute Gasteiger partial charge is 0.497 e. The minimum atomic E-state index is -3.94. The van der Waals surface area contributed by atoms with Gasteiger partial charge in [-0.1, -0.05) is 43.0 Å². The Bertz CT molecular complexity index is 1260. The standard InChI is InChI=1S/C27H29N3O5S/c1-3-19-35-25-11-9-23(10-12-25)20-28-29-27(31)21-30(18-17-22-7-5-4-6-8-22)36(32,33)26-15-13-24(34-2)14-16-26/h3-16,20H,1,17-19,21H2,2H3,(H,29,31)/b28-20-. The number of nitrogens with one attached hydrogen (secondary N) is 1. The van der Waals surface area contributed by atoms with E-state index < -0.39 is 15.9 Å². The highest BCUT2D eigenvalue weighted by Crippen LogP contribution is 2.20. The molecule has 0 saturated heterocycles. The molecule has 0 aliphatic heterocycles. The highest BCUT2D eigenvalue weighted by molar-refractivity contribution is 7.89. The molecular weight excluding hydrogens is 478 g/mol. The molecule has 3 aromatic rings. The molecule has 0 heterocycles. The normalized spacial score (nSPS) is 11.4. The molecule has 3 rings (SSSR count). The number of rotatable bonds is 13. The molecule has 0 fully saturated rings. The van der Waals surface area contributed by atoms with E-state index >= 15 is 0 Å². The van der Waals surface area contributed by atoms with E-state index in [1.807, 2.05) is 30.3 Å². The Balaban J connectivity index is 1.68. The molecule has 0 bridgehead atoms. The number of hydrogen-bond donors (Lipinski definition) is 1. The van der Waals surface area contributed by atoms with Crippen LogP contribution in [0.5, 0.6) is 11.5 Å². The van der Waals surface area contributed by atoms with Crippen molar-refractivity contribution in [3.8, 4) is 11.5 Å². The molecule has 0 aromatic heterocycles. The molecule has 1 amide bonds. The predicted molar refractivity (Wildman–Crippen MR) is 140 cm³/mol. The van der Waals surface area contributed by atoms with Crippen LogP contribution >= 0.6 is 0 Å². The Labute approximate surface area is 211 Å². The summed E-state index contributed by atoms with van der Waals surface area (Å²) in [4.78, 5) is 12.7. The van der Waals surface area contributed by atoms with Gasteiger partial charge in [-0.2, -0.15) is 9.41 Å². The summed E-state index contributed by atoms with van der Waals surface area (Å²) in [7, 11) is -2.43. The van der Waals surface area contributed by atoms with E-state index in [0.29, 0.717) is 24.5 Å². The quantitative estimate of drug-likeness (QED) is 0.216. The van der Waals surface area contributed by atoms with Gasteiger partial charge in [0, 0.05) is 6.54 Å². The van der Waals surface area contributed by atoms with Gasteiger partial charge in [0.1, 0.15) is 18.1 Å². The smallest absolute Gasteiger partial charge is 0.255 e. The van der Waals surface area contributed by atoms with Crippen molar-refractivity contribution < 1.29 is 22.7 Å². The summed E-state index contributed by atoms with van der Waals surface area (Å²) in [5, 5.41) is 3.96. The van der Waals surface area contributed by atoms with Crippen LogP contribution in [0.1, 0.15) is 11.1 Å². The first kappa shape index (κ1) is 26.7. The number of methoxy groups -OCH3 is 1. The molecular formula is C27H29N3O5S. The molecule has 0 unspecified atom stereocenters. The summed E-state index contributed by atoms with van der Waals surface area (Å²) < 4.78 is 38.4. The van der Waals surface area contributed by atoms with Crippen LogP contribution in [0.3, 0.4) is 0 Å². The highest BCUT2D eigenvalue weighted by Gasteiger charge is 2.26. The summed E-state index contributed by atoms with van der Waals surface area (Å²) in [6, 6.07) is 22.7. The van der Waals surface area contributed by atoms with Gasteiger partial charge in [0.2, 0.25) is 10.0 Å². The summed E-state index contributed by atoms with van der Waals surface area (Å²) in [6.45, 7) is 3.76. The summed E-state index contributed by atoms with van der Waals surface area (Å²) >= 11 is 0. The van der Waals surface area contributed by atoms with E-state index in [4.69, 9.17) is 9.47 Å². The van der Waals surface area contributed by atoms with Crippen LogP contribution in [0.25, 0.3) is 0 Å². The van der Waals surface area contributed by atoms with Gasteiger partial charge in [-0.15, -0.1) is 0 Å². The van der Waals surface area contributed by atoms with Gasteiger partial charge < -0.3 is 9.47 Å². The highest BCUT2D eigenvalue weighted by atomic mass is 32.2. The van der Waals surface area contributed by atoms with Crippen molar-refractivity contribution in [2.45, 2.75) is 11.3 Å². The van der Waals surface area contributed by atoms with E-state index in [0.717, 1.165) is 15.4 Å². The minimum Gasteiger partial charge on any atom is -0.497 e. The number of sulfonamides is 1. The molecule has 36 heavy (non-hydrogen) atoms. The zero-order valence-electron chi connectivity index (χ0n) is 20.0. The van der Waals surface area contributed by atoms with E-state index in [-0.39, 0.29) is 18.0 Å².